The Morgan fingerprint density at radius 2 is 1.00 bits per heavy atom. The molecule has 18 heavy (non-hydrogen) atoms. The molecular weight excluding hydrogens is 262 g/mol. The standard InChI is InChI=1S/C14H32O2P2/c1-13(2,15-5)11-17(7)9-10-18(8)12-14(3,4)16-6/h9-12H2,1-8H3. The first-order valence-corrected chi connectivity index (χ1v) is 10.9. The Balaban J connectivity index is 3.95. The van der Waals surface area contributed by atoms with Crippen LogP contribution in [0.2, 0.25) is 0 Å². The predicted molar refractivity (Wildman–Crippen MR) is 87.3 cm³/mol. The van der Waals surface area contributed by atoms with Crippen LogP contribution in [0.5, 0.6) is 0 Å². The monoisotopic (exact) mass is 294 g/mol. The Labute approximate surface area is 117 Å². The molecule has 0 aromatic carbocycles. The Morgan fingerprint density at radius 3 is 1.22 bits per heavy atom. The molecule has 2 atom stereocenters. The number of hydrogen-bond donors (Lipinski definition) is 0. The summed E-state index contributed by atoms with van der Waals surface area (Å²) in [6.07, 6.45) is 5.14. The Morgan fingerprint density at radius 1 is 0.722 bits per heavy atom. The van der Waals surface area contributed by atoms with Gasteiger partial charge >= 0.3 is 0 Å². The molecule has 0 saturated carbocycles. The summed E-state index contributed by atoms with van der Waals surface area (Å²) in [6.45, 7) is 13.6. The molecule has 0 aliphatic carbocycles. The lowest BCUT2D eigenvalue weighted by Crippen LogP contribution is -2.28. The second kappa shape index (κ2) is 8.15. The fourth-order valence-electron chi connectivity index (χ4n) is 1.93. The first kappa shape index (κ1) is 18.8. The van der Waals surface area contributed by atoms with Gasteiger partial charge in [-0.1, -0.05) is 0 Å². The van der Waals surface area contributed by atoms with Crippen LogP contribution in [0.25, 0.3) is 0 Å². The molecule has 2 nitrogen and oxygen atoms in total. The number of methoxy groups -OCH3 is 2. The van der Waals surface area contributed by atoms with Crippen molar-refractivity contribution in [2.75, 3.05) is 52.2 Å². The summed E-state index contributed by atoms with van der Waals surface area (Å²) in [5, 5.41) is 0. The summed E-state index contributed by atoms with van der Waals surface area (Å²) in [6, 6.07) is 0. The highest BCUT2D eigenvalue weighted by molar-refractivity contribution is 7.61. The average Bonchev–Trinajstić information content (AvgIpc) is 2.25. The van der Waals surface area contributed by atoms with Crippen LogP contribution in [-0.2, 0) is 9.47 Å². The summed E-state index contributed by atoms with van der Waals surface area (Å²) in [4.78, 5) is 0. The maximum atomic E-state index is 5.51. The van der Waals surface area contributed by atoms with E-state index in [4.69, 9.17) is 9.47 Å². The molecule has 0 heterocycles. The van der Waals surface area contributed by atoms with Gasteiger partial charge in [-0.15, -0.1) is 15.8 Å². The van der Waals surface area contributed by atoms with Crippen LogP contribution < -0.4 is 0 Å². The lowest BCUT2D eigenvalue weighted by Gasteiger charge is -2.29. The lowest BCUT2D eigenvalue weighted by molar-refractivity contribution is 0.0427. The van der Waals surface area contributed by atoms with E-state index in [-0.39, 0.29) is 27.0 Å². The van der Waals surface area contributed by atoms with Gasteiger partial charge in [0.25, 0.3) is 0 Å². The van der Waals surface area contributed by atoms with Gasteiger partial charge in [0.15, 0.2) is 0 Å². The molecule has 0 aliphatic rings. The maximum absolute atomic E-state index is 5.51. The maximum Gasteiger partial charge on any atom is 0.0661 e. The fourth-order valence-corrected chi connectivity index (χ4v) is 7.83. The number of rotatable bonds is 9. The van der Waals surface area contributed by atoms with Gasteiger partial charge in [0.2, 0.25) is 0 Å². The third-order valence-corrected chi connectivity index (χ3v) is 8.20. The molecule has 0 rings (SSSR count). The van der Waals surface area contributed by atoms with E-state index >= 15 is 0 Å². The van der Waals surface area contributed by atoms with Gasteiger partial charge in [-0.2, -0.15) is 0 Å². The quantitative estimate of drug-likeness (QED) is 0.597. The van der Waals surface area contributed by atoms with E-state index in [1.807, 2.05) is 14.2 Å². The molecule has 0 saturated heterocycles. The van der Waals surface area contributed by atoms with Crippen molar-refractivity contribution < 1.29 is 9.47 Å². The van der Waals surface area contributed by atoms with E-state index in [1.165, 1.54) is 24.6 Å². The van der Waals surface area contributed by atoms with Crippen LogP contribution in [0.15, 0.2) is 0 Å². The average molecular weight is 294 g/mol. The zero-order chi connectivity index (χ0) is 14.4. The smallest absolute Gasteiger partial charge is 0.0661 e. The molecule has 4 heteroatoms. The molecule has 0 N–H and O–H groups in total. The summed E-state index contributed by atoms with van der Waals surface area (Å²) < 4.78 is 11.0. The van der Waals surface area contributed by atoms with Gasteiger partial charge in [-0.05, 0) is 65.7 Å². The van der Waals surface area contributed by atoms with E-state index in [9.17, 15) is 0 Å². The third-order valence-electron chi connectivity index (χ3n) is 3.27. The van der Waals surface area contributed by atoms with Crippen LogP contribution in [0, 0.1) is 0 Å². The predicted octanol–water partition coefficient (Wildman–Crippen LogP) is 4.06. The van der Waals surface area contributed by atoms with Gasteiger partial charge in [0.1, 0.15) is 0 Å². The zero-order valence-corrected chi connectivity index (χ0v) is 15.3. The minimum atomic E-state index is 0.0444. The van der Waals surface area contributed by atoms with E-state index in [1.54, 1.807) is 0 Å². The first-order valence-electron chi connectivity index (χ1n) is 6.59. The number of ether oxygens (including phenoxy) is 2. The number of hydrogen-bond acceptors (Lipinski definition) is 2. The highest BCUT2D eigenvalue weighted by atomic mass is 31.1. The molecule has 0 aromatic heterocycles. The Kier molecular flexibility index (Phi) is 8.51. The van der Waals surface area contributed by atoms with Crippen molar-refractivity contribution in [3.05, 3.63) is 0 Å². The Bertz CT molecular complexity index is 206. The Hall–Kier alpha value is 0.780. The summed E-state index contributed by atoms with van der Waals surface area (Å²) in [5.74, 6) is 0. The van der Waals surface area contributed by atoms with Crippen LogP contribution in [0.1, 0.15) is 27.7 Å². The van der Waals surface area contributed by atoms with E-state index < -0.39 is 0 Å². The van der Waals surface area contributed by atoms with Crippen molar-refractivity contribution in [1.29, 1.82) is 0 Å². The van der Waals surface area contributed by atoms with Crippen LogP contribution in [0.4, 0.5) is 0 Å². The van der Waals surface area contributed by atoms with Crippen molar-refractivity contribution >= 4 is 15.8 Å². The minimum absolute atomic E-state index is 0.0444. The van der Waals surface area contributed by atoms with Crippen molar-refractivity contribution in [1.82, 2.24) is 0 Å². The lowest BCUT2D eigenvalue weighted by atomic mass is 10.2. The van der Waals surface area contributed by atoms with Crippen molar-refractivity contribution in [3.8, 4) is 0 Å². The van der Waals surface area contributed by atoms with Gasteiger partial charge in [-0.25, -0.2) is 0 Å². The third kappa shape index (κ3) is 8.81. The largest absolute Gasteiger partial charge is 0.378 e. The molecule has 0 fully saturated rings. The topological polar surface area (TPSA) is 18.5 Å². The normalized spacial score (nSPS) is 16.7. The van der Waals surface area contributed by atoms with Crippen LogP contribution >= 0.6 is 15.8 Å². The molecule has 110 valence electrons. The van der Waals surface area contributed by atoms with Crippen LogP contribution in [0.3, 0.4) is 0 Å². The van der Waals surface area contributed by atoms with Crippen molar-refractivity contribution in [2.24, 2.45) is 0 Å². The van der Waals surface area contributed by atoms with Gasteiger partial charge in [0.05, 0.1) is 11.2 Å². The first-order chi connectivity index (χ1) is 8.12. The molecule has 0 amide bonds. The second-order valence-electron chi connectivity index (χ2n) is 6.40. The highest BCUT2D eigenvalue weighted by Crippen LogP contribution is 2.42. The van der Waals surface area contributed by atoms with E-state index in [2.05, 4.69) is 41.0 Å². The molecule has 0 spiro atoms. The molecule has 2 unspecified atom stereocenters. The van der Waals surface area contributed by atoms with E-state index in [0.717, 1.165) is 0 Å². The zero-order valence-electron chi connectivity index (χ0n) is 13.5. The van der Waals surface area contributed by atoms with Gasteiger partial charge < -0.3 is 9.47 Å². The van der Waals surface area contributed by atoms with Crippen LogP contribution in [-0.4, -0.2) is 63.4 Å². The summed E-state index contributed by atoms with van der Waals surface area (Å²) in [5.41, 5.74) is 0.0888. The molecule has 0 aliphatic heterocycles. The highest BCUT2D eigenvalue weighted by Gasteiger charge is 2.22. The molecule has 0 aromatic rings. The minimum Gasteiger partial charge on any atom is -0.378 e. The SMILES string of the molecule is COC(C)(C)CP(C)CCP(C)CC(C)(C)OC. The summed E-state index contributed by atoms with van der Waals surface area (Å²) >= 11 is 0. The fraction of sp³-hybridized carbons (Fsp3) is 1.00. The van der Waals surface area contributed by atoms with Crippen molar-refractivity contribution in [3.63, 3.8) is 0 Å². The van der Waals surface area contributed by atoms with Gasteiger partial charge in [-0.3, -0.25) is 0 Å². The van der Waals surface area contributed by atoms with Gasteiger partial charge in [0, 0.05) is 14.2 Å². The molecular formula is C14H32O2P2. The molecule has 0 radical (unpaired) electrons. The molecule has 0 bridgehead atoms. The van der Waals surface area contributed by atoms with Crippen molar-refractivity contribution in [2.45, 2.75) is 38.9 Å². The van der Waals surface area contributed by atoms with E-state index in [0.29, 0.717) is 0 Å². The summed E-state index contributed by atoms with van der Waals surface area (Å²) in [7, 11) is 3.83. The second-order valence-corrected chi connectivity index (χ2v) is 11.4.